The van der Waals surface area contributed by atoms with Crippen molar-refractivity contribution in [3.05, 3.63) is 16.1 Å². The molecule has 0 aromatic carbocycles. The lowest BCUT2D eigenvalue weighted by Crippen LogP contribution is -2.48. The fourth-order valence-electron chi connectivity index (χ4n) is 5.83. The van der Waals surface area contributed by atoms with Crippen LogP contribution in [0.3, 0.4) is 0 Å². The van der Waals surface area contributed by atoms with E-state index in [-0.39, 0.29) is 6.10 Å². The maximum absolute atomic E-state index is 5.88. The Hall–Kier alpha value is -0.450. The first-order chi connectivity index (χ1) is 10.3. The van der Waals surface area contributed by atoms with Crippen molar-refractivity contribution in [3.8, 4) is 0 Å². The lowest BCUT2D eigenvalue weighted by Gasteiger charge is -2.56. The average Bonchev–Trinajstić information content (AvgIpc) is 2.97. The SMILES string of the molecule is c1sc(C2CNCCO2)nc1C12CC3CC(CC(C3)C1)C2. The van der Waals surface area contributed by atoms with Gasteiger partial charge in [0.25, 0.3) is 0 Å². The molecule has 1 aliphatic heterocycles. The summed E-state index contributed by atoms with van der Waals surface area (Å²) in [5.74, 6) is 2.98. The minimum atomic E-state index is 0.186. The summed E-state index contributed by atoms with van der Waals surface area (Å²) in [6, 6.07) is 0. The molecule has 0 amide bonds. The summed E-state index contributed by atoms with van der Waals surface area (Å²) in [5.41, 5.74) is 1.85. The van der Waals surface area contributed by atoms with Crippen LogP contribution < -0.4 is 5.32 Å². The van der Waals surface area contributed by atoms with Crippen LogP contribution in [0, 0.1) is 17.8 Å². The minimum Gasteiger partial charge on any atom is -0.368 e. The molecule has 1 aromatic heterocycles. The zero-order valence-electron chi connectivity index (χ0n) is 12.5. The molecule has 5 aliphatic rings. The van der Waals surface area contributed by atoms with Crippen LogP contribution in [0.15, 0.2) is 5.38 Å². The molecule has 1 unspecified atom stereocenters. The molecule has 5 fully saturated rings. The van der Waals surface area contributed by atoms with Gasteiger partial charge >= 0.3 is 0 Å². The smallest absolute Gasteiger partial charge is 0.123 e. The van der Waals surface area contributed by atoms with Crippen LogP contribution >= 0.6 is 11.3 Å². The third-order valence-electron chi connectivity index (χ3n) is 6.31. The number of hydrogen-bond acceptors (Lipinski definition) is 4. The van der Waals surface area contributed by atoms with Gasteiger partial charge in [-0.1, -0.05) is 0 Å². The third kappa shape index (κ3) is 2.10. The van der Waals surface area contributed by atoms with Crippen molar-refractivity contribution in [2.75, 3.05) is 19.7 Å². The highest BCUT2D eigenvalue weighted by Gasteiger charge is 2.52. The number of nitrogens with one attached hydrogen (secondary N) is 1. The largest absolute Gasteiger partial charge is 0.368 e. The number of nitrogens with zero attached hydrogens (tertiary/aromatic N) is 1. The normalized spacial score (nSPS) is 45.1. The predicted octanol–water partition coefficient (Wildman–Crippen LogP) is 3.27. The predicted molar refractivity (Wildman–Crippen MR) is 83.5 cm³/mol. The van der Waals surface area contributed by atoms with E-state index in [0.29, 0.717) is 5.41 Å². The summed E-state index contributed by atoms with van der Waals surface area (Å²) in [4.78, 5) is 5.08. The number of rotatable bonds is 2. The molecule has 4 aliphatic carbocycles. The van der Waals surface area contributed by atoms with Gasteiger partial charge in [0.2, 0.25) is 0 Å². The molecular weight excluding hydrogens is 280 g/mol. The summed E-state index contributed by atoms with van der Waals surface area (Å²) in [6.45, 7) is 2.72. The first kappa shape index (κ1) is 13.0. The highest BCUT2D eigenvalue weighted by Crippen LogP contribution is 2.60. The Morgan fingerprint density at radius 3 is 2.48 bits per heavy atom. The van der Waals surface area contributed by atoms with E-state index in [1.165, 1.54) is 49.2 Å². The maximum Gasteiger partial charge on any atom is 0.123 e. The van der Waals surface area contributed by atoms with Crippen molar-refractivity contribution in [3.63, 3.8) is 0 Å². The van der Waals surface area contributed by atoms with Gasteiger partial charge in [-0.05, 0) is 56.3 Å². The van der Waals surface area contributed by atoms with Crippen molar-refractivity contribution < 1.29 is 4.74 Å². The van der Waals surface area contributed by atoms with E-state index in [0.717, 1.165) is 37.5 Å². The third-order valence-corrected chi connectivity index (χ3v) is 7.24. The zero-order chi connectivity index (χ0) is 13.9. The van der Waals surface area contributed by atoms with Gasteiger partial charge in [0.15, 0.2) is 0 Å². The van der Waals surface area contributed by atoms with Crippen LogP contribution in [-0.4, -0.2) is 24.7 Å². The second kappa shape index (κ2) is 4.77. The minimum absolute atomic E-state index is 0.186. The highest BCUT2D eigenvalue weighted by molar-refractivity contribution is 7.09. The lowest BCUT2D eigenvalue weighted by atomic mass is 9.49. The molecule has 21 heavy (non-hydrogen) atoms. The van der Waals surface area contributed by atoms with Crippen LogP contribution in [0.2, 0.25) is 0 Å². The number of thiazole rings is 1. The molecule has 6 rings (SSSR count). The summed E-state index contributed by atoms with van der Waals surface area (Å²) < 4.78 is 5.88. The Labute approximate surface area is 130 Å². The second-order valence-corrected chi connectivity index (χ2v) is 8.72. The molecule has 0 radical (unpaired) electrons. The first-order valence-corrected chi connectivity index (χ1v) is 9.47. The Balaban J connectivity index is 1.44. The Bertz CT molecular complexity index is 499. The van der Waals surface area contributed by atoms with Crippen LogP contribution in [0.1, 0.15) is 55.3 Å². The van der Waals surface area contributed by atoms with Gasteiger partial charge in [0.05, 0.1) is 12.3 Å². The fourth-order valence-corrected chi connectivity index (χ4v) is 6.82. The van der Waals surface area contributed by atoms with Gasteiger partial charge in [-0.3, -0.25) is 0 Å². The monoisotopic (exact) mass is 304 g/mol. The summed E-state index contributed by atoms with van der Waals surface area (Å²) >= 11 is 1.83. The van der Waals surface area contributed by atoms with Gasteiger partial charge in [-0.2, -0.15) is 0 Å². The molecule has 3 nitrogen and oxygen atoms in total. The summed E-state index contributed by atoms with van der Waals surface area (Å²) in [5, 5.41) is 6.98. The van der Waals surface area contributed by atoms with E-state index in [4.69, 9.17) is 9.72 Å². The van der Waals surface area contributed by atoms with E-state index in [1.807, 2.05) is 11.3 Å². The molecule has 1 aromatic rings. The van der Waals surface area contributed by atoms with E-state index in [2.05, 4.69) is 10.7 Å². The topological polar surface area (TPSA) is 34.1 Å². The van der Waals surface area contributed by atoms with Gasteiger partial charge in [-0.15, -0.1) is 11.3 Å². The van der Waals surface area contributed by atoms with Crippen molar-refractivity contribution >= 4 is 11.3 Å². The molecule has 1 saturated heterocycles. The van der Waals surface area contributed by atoms with Crippen molar-refractivity contribution in [2.45, 2.75) is 50.0 Å². The Morgan fingerprint density at radius 2 is 1.86 bits per heavy atom. The molecule has 4 bridgehead atoms. The molecule has 2 heterocycles. The lowest BCUT2D eigenvalue weighted by molar-refractivity contribution is -0.00763. The number of aromatic nitrogens is 1. The van der Waals surface area contributed by atoms with Gasteiger partial charge in [-0.25, -0.2) is 4.98 Å². The van der Waals surface area contributed by atoms with E-state index in [1.54, 1.807) is 0 Å². The average molecular weight is 304 g/mol. The summed E-state index contributed by atoms with van der Waals surface area (Å²) in [7, 11) is 0. The maximum atomic E-state index is 5.88. The van der Waals surface area contributed by atoms with Gasteiger partial charge < -0.3 is 10.1 Å². The number of ether oxygens (including phenoxy) is 1. The van der Waals surface area contributed by atoms with Gasteiger partial charge in [0, 0.05) is 23.9 Å². The van der Waals surface area contributed by atoms with Crippen molar-refractivity contribution in [2.24, 2.45) is 17.8 Å². The van der Waals surface area contributed by atoms with Crippen LogP contribution in [0.25, 0.3) is 0 Å². The molecular formula is C17H24N2OS. The standard InChI is InChI=1S/C17H24N2OS/c1-2-20-14(9-18-1)16-19-15(10-21-16)17-6-11-3-12(7-17)5-13(4-11)8-17/h10-14,18H,1-9H2. The molecule has 1 N–H and O–H groups in total. The number of morpholine rings is 1. The van der Waals surface area contributed by atoms with E-state index < -0.39 is 0 Å². The molecule has 1 atom stereocenters. The Morgan fingerprint density at radius 1 is 1.14 bits per heavy atom. The fraction of sp³-hybridized carbons (Fsp3) is 0.824. The Kier molecular flexibility index (Phi) is 2.96. The van der Waals surface area contributed by atoms with E-state index >= 15 is 0 Å². The van der Waals surface area contributed by atoms with Crippen molar-refractivity contribution in [1.29, 1.82) is 0 Å². The van der Waals surface area contributed by atoms with Crippen molar-refractivity contribution in [1.82, 2.24) is 10.3 Å². The zero-order valence-corrected chi connectivity index (χ0v) is 13.3. The van der Waals surface area contributed by atoms with Crippen LogP contribution in [0.4, 0.5) is 0 Å². The van der Waals surface area contributed by atoms with Crippen LogP contribution in [-0.2, 0) is 10.2 Å². The van der Waals surface area contributed by atoms with E-state index in [9.17, 15) is 0 Å². The highest BCUT2D eigenvalue weighted by atomic mass is 32.1. The quantitative estimate of drug-likeness (QED) is 0.910. The molecule has 4 saturated carbocycles. The number of hydrogen-bond donors (Lipinski definition) is 1. The second-order valence-electron chi connectivity index (χ2n) is 7.83. The molecule has 4 heteroatoms. The summed E-state index contributed by atoms with van der Waals surface area (Å²) in [6.07, 6.45) is 8.93. The first-order valence-electron chi connectivity index (χ1n) is 8.59. The molecule has 114 valence electrons. The van der Waals surface area contributed by atoms with Crippen LogP contribution in [0.5, 0.6) is 0 Å². The van der Waals surface area contributed by atoms with Gasteiger partial charge in [0.1, 0.15) is 11.1 Å². The molecule has 0 spiro atoms.